The van der Waals surface area contributed by atoms with Crippen molar-refractivity contribution >= 4 is 169 Å². The van der Waals surface area contributed by atoms with Gasteiger partial charge >= 0.3 is 0 Å². The van der Waals surface area contributed by atoms with E-state index in [0.29, 0.717) is 87.2 Å². The first kappa shape index (κ1) is 77.7. The van der Waals surface area contributed by atoms with Gasteiger partial charge in [-0.25, -0.2) is 15.0 Å². The average Bonchev–Trinajstić information content (AvgIpc) is 1.61. The van der Waals surface area contributed by atoms with Crippen molar-refractivity contribution in [3.63, 3.8) is 0 Å². The van der Waals surface area contributed by atoms with E-state index in [0.717, 1.165) is 77.7 Å². The number of hydrogen-bond donors (Lipinski definition) is 2. The van der Waals surface area contributed by atoms with Gasteiger partial charge in [-0.2, -0.15) is 15.8 Å². The lowest BCUT2D eigenvalue weighted by molar-refractivity contribution is -0.383. The van der Waals surface area contributed by atoms with Crippen LogP contribution in [0.5, 0.6) is 0 Å². The van der Waals surface area contributed by atoms with Gasteiger partial charge in [0.2, 0.25) is 0 Å². The Bertz CT molecular complexity index is 6790. The van der Waals surface area contributed by atoms with E-state index in [9.17, 15) is 29.3 Å². The molecule has 0 fully saturated rings. The molecule has 0 spiro atoms. The minimum atomic E-state index is -0.568. The Balaban J connectivity index is 0.000000126. The van der Waals surface area contributed by atoms with E-state index in [1.165, 1.54) is 41.1 Å². The molecule has 0 aliphatic rings. The van der Waals surface area contributed by atoms with Crippen molar-refractivity contribution in [1.82, 2.24) is 29.1 Å². The van der Waals surface area contributed by atoms with E-state index in [2.05, 4.69) is 52.4 Å². The minimum Gasteiger partial charge on any atom is -0.393 e. The molecule has 0 saturated heterocycles. The maximum atomic E-state index is 13.6. The first-order chi connectivity index (χ1) is 55.4. The van der Waals surface area contributed by atoms with E-state index in [-0.39, 0.29) is 23.2 Å². The molecule has 0 unspecified atom stereocenters. The normalized spacial score (nSPS) is 10.5. The molecular formula is C92H56Cl5N11O6. The Morgan fingerprint density at radius 2 is 0.807 bits per heavy atom. The van der Waals surface area contributed by atoms with Crippen LogP contribution in [0.25, 0.3) is 110 Å². The predicted octanol–water partition coefficient (Wildman–Crippen LogP) is 23.6. The molecule has 114 heavy (non-hydrogen) atoms. The number of nitro benzene ring substituents is 1. The second-order valence-corrected chi connectivity index (χ2v) is 27.3. The lowest BCUT2D eigenvalue weighted by atomic mass is 10.0. The highest BCUT2D eigenvalue weighted by Gasteiger charge is 2.24. The summed E-state index contributed by atoms with van der Waals surface area (Å²) in [6.07, 6.45) is 0.891. The zero-order valence-corrected chi connectivity index (χ0v) is 63.3. The van der Waals surface area contributed by atoms with Crippen LogP contribution in [0.1, 0.15) is 58.1 Å². The van der Waals surface area contributed by atoms with Gasteiger partial charge in [0.15, 0.2) is 6.29 Å². The predicted molar refractivity (Wildman–Crippen MR) is 454 cm³/mol. The van der Waals surface area contributed by atoms with Gasteiger partial charge in [-0.3, -0.25) is 38.4 Å². The monoisotopic (exact) mass is 1590 g/mol. The molecule has 0 aliphatic carbocycles. The number of nitrogens with one attached hydrogen (secondary N) is 1. The highest BCUT2D eigenvalue weighted by Crippen LogP contribution is 2.36. The number of H-pyrrole nitrogens is 1. The largest absolute Gasteiger partial charge is 0.393 e. The molecule has 3 aromatic heterocycles. The number of rotatable bonds is 8. The van der Waals surface area contributed by atoms with Crippen LogP contribution in [0.15, 0.2) is 315 Å². The van der Waals surface area contributed by atoms with Crippen LogP contribution in [0.2, 0.25) is 20.1 Å². The van der Waals surface area contributed by atoms with Crippen molar-refractivity contribution in [2.45, 2.75) is 0 Å². The van der Waals surface area contributed by atoms with Crippen LogP contribution >= 0.6 is 58.0 Å². The number of aromatic amines is 1. The lowest BCUT2D eigenvalue weighted by Gasteiger charge is -2.10. The second kappa shape index (κ2) is 35.5. The van der Waals surface area contributed by atoms with Gasteiger partial charge < -0.3 is 10.7 Å². The molecule has 3 heterocycles. The summed E-state index contributed by atoms with van der Waals surface area (Å²) in [5, 5.41) is 47.0. The number of nitrogen functional groups attached to an aromatic ring is 1. The van der Waals surface area contributed by atoms with E-state index in [1.54, 1.807) is 100 Å². The molecule has 0 radical (unpaired) electrons. The summed E-state index contributed by atoms with van der Waals surface area (Å²) in [5.41, 5.74) is 16.3. The van der Waals surface area contributed by atoms with Crippen molar-refractivity contribution < 1.29 is 24.1 Å². The Hall–Kier alpha value is -14.5. The number of nitrogens with zero attached hydrogens (tertiary/aromatic N) is 9. The quantitative estimate of drug-likeness (QED) is 0.0471. The third-order valence-electron chi connectivity index (χ3n) is 18.1. The fourth-order valence-electron chi connectivity index (χ4n) is 12.6. The third-order valence-corrected chi connectivity index (χ3v) is 19.2. The van der Waals surface area contributed by atoms with Crippen LogP contribution in [0, 0.1) is 44.1 Å². The average molecular weight is 1590 g/mol. The molecule has 18 aromatic rings. The van der Waals surface area contributed by atoms with E-state index in [1.807, 2.05) is 170 Å². The van der Waals surface area contributed by atoms with E-state index in [4.69, 9.17) is 89.5 Å². The lowest BCUT2D eigenvalue weighted by Crippen LogP contribution is -2.13. The molecule has 0 bridgehead atoms. The van der Waals surface area contributed by atoms with Crippen molar-refractivity contribution in [2.24, 2.45) is 0 Å². The second-order valence-electron chi connectivity index (χ2n) is 25.2. The summed E-state index contributed by atoms with van der Waals surface area (Å²) >= 11 is 29.1. The molecule has 0 saturated carbocycles. The maximum Gasteiger partial charge on any atom is 0.293 e. The summed E-state index contributed by atoms with van der Waals surface area (Å²) in [6, 6.07) is 102. The number of halogens is 5. The standard InChI is InChI=1S/2C25H14ClN3O.C17H11ClN2.C11H8O.C8H4ClNO.C6H5ClN2O2/c26-19-12-13-23-22(14-19)28-24(21-7-3-5-17-4-1-2-6-20(17)21)29(23)25(30)18-10-8-16(15-27)9-11-18;26-19-12-13-22-23(14-19)29(25(30)18-10-8-16(15-27)9-11-18)24(28-22)21-7-3-5-17-4-1-2-6-20(17)21;18-12-8-9-15-16(10-12)20-17(19-15)14-7-3-5-11-4-1-2-6-13(11)14;12-8-10-6-3-5-9-4-1-2-7-11(9)10;9-8(11)7-3-1-6(5-10)2-4-7;7-4-1-2-5(8)6(3-4)9(10)11/h2*1-14H;1-10H,(H,19,20);1-8H;1-4H;1-3H,8H2. The first-order valence-electron chi connectivity index (χ1n) is 34.8. The topological polar surface area (TPSA) is 273 Å². The number of nitriles is 3. The number of anilines is 1. The maximum absolute atomic E-state index is 13.6. The van der Waals surface area contributed by atoms with Crippen molar-refractivity contribution in [3.05, 3.63) is 385 Å². The minimum absolute atomic E-state index is 0.124. The number of carbonyl (C=O) groups is 4. The number of hydrogen-bond acceptors (Lipinski definition) is 13. The highest BCUT2D eigenvalue weighted by molar-refractivity contribution is 6.67. The Kier molecular flexibility index (Phi) is 24.2. The Morgan fingerprint density at radius 1 is 0.412 bits per heavy atom. The highest BCUT2D eigenvalue weighted by atomic mass is 35.5. The molecular weight excluding hydrogens is 1530 g/mol. The van der Waals surface area contributed by atoms with Crippen LogP contribution in [0.4, 0.5) is 11.4 Å². The summed E-state index contributed by atoms with van der Waals surface area (Å²) in [6.45, 7) is 0. The van der Waals surface area contributed by atoms with Gasteiger partial charge in [0.05, 0.1) is 72.9 Å². The van der Waals surface area contributed by atoms with Gasteiger partial charge in [-0.1, -0.05) is 216 Å². The molecule has 18 rings (SSSR count). The zero-order chi connectivity index (χ0) is 79.9. The smallest absolute Gasteiger partial charge is 0.293 e. The van der Waals surface area contributed by atoms with Gasteiger partial charge in [-0.15, -0.1) is 0 Å². The van der Waals surface area contributed by atoms with E-state index >= 15 is 0 Å². The summed E-state index contributed by atoms with van der Waals surface area (Å²) in [4.78, 5) is 75.5. The fraction of sp³-hybridized carbons (Fsp3) is 0. The fourth-order valence-corrected chi connectivity index (χ4v) is 13.4. The number of benzene rings is 15. The van der Waals surface area contributed by atoms with Gasteiger partial charge in [-0.05, 0) is 194 Å². The molecule has 22 heteroatoms. The van der Waals surface area contributed by atoms with Gasteiger partial charge in [0.25, 0.3) is 22.7 Å². The van der Waals surface area contributed by atoms with Gasteiger partial charge in [0.1, 0.15) is 23.2 Å². The number of imidazole rings is 3. The van der Waals surface area contributed by atoms with E-state index < -0.39 is 10.2 Å². The zero-order valence-electron chi connectivity index (χ0n) is 59.5. The number of carbonyl (C=O) groups excluding carboxylic acids is 4. The molecule has 15 aromatic carbocycles. The van der Waals surface area contributed by atoms with Crippen LogP contribution < -0.4 is 5.73 Å². The SMILES string of the molecule is Clc1ccc2nc(-c3cccc4ccccc34)[nH]c2c1.N#Cc1ccc(C(=O)Cl)cc1.N#Cc1ccc(C(=O)n2c(-c3cccc4ccccc34)nc3cc(Cl)ccc32)cc1.N#Cc1ccc(C(=O)n2c(-c3cccc4ccccc34)nc3ccc(Cl)cc32)cc1.Nc1ccc(Cl)cc1[N+](=O)[O-].O=Cc1cccc2ccccc12. The third kappa shape index (κ3) is 17.6. The van der Waals surface area contributed by atoms with Crippen molar-refractivity contribution in [1.29, 1.82) is 15.8 Å². The van der Waals surface area contributed by atoms with Crippen molar-refractivity contribution in [3.8, 4) is 52.4 Å². The molecule has 0 amide bonds. The Labute approximate surface area is 675 Å². The summed E-state index contributed by atoms with van der Waals surface area (Å²) < 4.78 is 3.22. The number of nitrogens with two attached hydrogens (primary N) is 1. The van der Waals surface area contributed by atoms with Crippen molar-refractivity contribution in [2.75, 3.05) is 5.73 Å². The first-order valence-corrected chi connectivity index (χ1v) is 36.7. The molecule has 17 nitrogen and oxygen atoms in total. The summed E-state index contributed by atoms with van der Waals surface area (Å²) in [7, 11) is 0. The molecule has 0 aliphatic heterocycles. The molecule has 0 atom stereocenters. The number of aromatic nitrogens is 6. The van der Waals surface area contributed by atoms with Gasteiger partial charge in [0, 0.05) is 65.1 Å². The molecule has 3 N–H and O–H groups in total. The van der Waals surface area contributed by atoms with Crippen LogP contribution in [0.3, 0.4) is 0 Å². The number of aldehydes is 1. The van der Waals surface area contributed by atoms with Crippen LogP contribution in [-0.2, 0) is 0 Å². The molecule has 550 valence electrons. The summed E-state index contributed by atoms with van der Waals surface area (Å²) in [5.74, 6) is 1.54. The Morgan fingerprint density at radius 3 is 1.30 bits per heavy atom. The number of nitro groups is 1. The number of fused-ring (bicyclic) bond motifs is 7. The van der Waals surface area contributed by atoms with Crippen LogP contribution in [-0.4, -0.2) is 57.3 Å².